The van der Waals surface area contributed by atoms with E-state index in [2.05, 4.69) is 43.9 Å². The van der Waals surface area contributed by atoms with Gasteiger partial charge in [0.15, 0.2) is 11.1 Å². The first-order chi connectivity index (χ1) is 15.7. The Kier molecular flexibility index (Phi) is 57.6. The van der Waals surface area contributed by atoms with Gasteiger partial charge in [-0.3, -0.25) is 14.9 Å². The van der Waals surface area contributed by atoms with Gasteiger partial charge in [0.2, 0.25) is 15.6 Å². The first kappa shape index (κ1) is 52.5. The molecular weight excluding hydrogens is 555 g/mol. The van der Waals surface area contributed by atoms with Crippen LogP contribution in [0.15, 0.2) is 0 Å². The predicted octanol–water partition coefficient (Wildman–Crippen LogP) is -1.94. The minimum Gasteiger partial charge on any atom is -0.870 e. The van der Waals surface area contributed by atoms with Gasteiger partial charge < -0.3 is 27.2 Å². The number of rotatable bonds is 13. The average molecular weight is 601 g/mol. The van der Waals surface area contributed by atoms with Crippen LogP contribution in [0, 0.1) is 16.0 Å². The van der Waals surface area contributed by atoms with Crippen LogP contribution < -0.4 is 46.5 Å². The van der Waals surface area contributed by atoms with Crippen LogP contribution in [0.5, 0.6) is 0 Å². The number of nitrogens with one attached hydrogen (secondary N) is 1. The zero-order valence-electron chi connectivity index (χ0n) is 22.5. The number of halogens is 1. The van der Waals surface area contributed by atoms with Gasteiger partial charge in [0.25, 0.3) is 0 Å². The molecule has 0 aliphatic heterocycles. The first-order valence-electron chi connectivity index (χ1n) is 10.6. The smallest absolute Gasteiger partial charge is 0.870 e. The van der Waals surface area contributed by atoms with E-state index in [0.29, 0.717) is 18.2 Å². The number of aliphatic hydroxyl groups excluding tert-OH is 1. The van der Waals surface area contributed by atoms with Crippen LogP contribution in [0.3, 0.4) is 0 Å². The number of carbonyl (C=O) groups is 1. The van der Waals surface area contributed by atoms with E-state index in [1.54, 1.807) is 6.92 Å². The molecule has 0 saturated carbocycles. The second-order valence-corrected chi connectivity index (χ2v) is 10.7. The van der Waals surface area contributed by atoms with Gasteiger partial charge in [0.05, 0.1) is 12.2 Å². The SMILES string of the molecule is CC(N)CC(=O)O.CCC(C)CNOS(=O)CCN.CCCC.CO.O=[N+]([O-])CCS(=O)(=O)Cl.[Na+].[OH-]. The van der Waals surface area contributed by atoms with Crippen molar-refractivity contribution in [1.82, 2.24) is 5.48 Å². The van der Waals surface area contributed by atoms with E-state index in [9.17, 15) is 27.5 Å². The van der Waals surface area contributed by atoms with Crippen LogP contribution in [0.2, 0.25) is 0 Å². The Hall–Kier alpha value is 0.0200. The van der Waals surface area contributed by atoms with Crippen molar-refractivity contribution < 1.29 is 71.9 Å². The third kappa shape index (κ3) is 76.5. The van der Waals surface area contributed by atoms with E-state index in [4.69, 9.17) is 26.0 Å². The Morgan fingerprint density at radius 2 is 1.67 bits per heavy atom. The molecule has 0 spiro atoms. The Labute approximate surface area is 245 Å². The molecule has 0 radical (unpaired) electrons. The molecule has 3 atom stereocenters. The zero-order chi connectivity index (χ0) is 28.2. The molecule has 0 amide bonds. The Balaban J connectivity index is -0.0000000629. The van der Waals surface area contributed by atoms with Crippen LogP contribution >= 0.6 is 10.7 Å². The summed E-state index contributed by atoms with van der Waals surface area (Å²) in [4.78, 5) is 18.5. The maximum atomic E-state index is 10.9. The van der Waals surface area contributed by atoms with E-state index in [-0.39, 0.29) is 47.5 Å². The molecule has 0 aliphatic rings. The Bertz CT molecular complexity index is 590. The summed E-state index contributed by atoms with van der Waals surface area (Å²) in [5, 5.41) is 24.5. The van der Waals surface area contributed by atoms with Gasteiger partial charge in [-0.2, -0.15) is 5.48 Å². The summed E-state index contributed by atoms with van der Waals surface area (Å²) in [7, 11) is 1.96. The van der Waals surface area contributed by atoms with E-state index >= 15 is 0 Å². The molecule has 0 heterocycles. The predicted molar refractivity (Wildman–Crippen MR) is 139 cm³/mol. The van der Waals surface area contributed by atoms with Gasteiger partial charge in [-0.25, -0.2) is 16.9 Å². The molecule has 8 N–H and O–H groups in total. The third-order valence-corrected chi connectivity index (χ3v) is 5.09. The number of carboxylic acid groups (broad SMARTS) is 1. The number of hydroxylamine groups is 1. The molecule has 0 aromatic heterocycles. The van der Waals surface area contributed by atoms with Crippen molar-refractivity contribution >= 4 is 36.8 Å². The van der Waals surface area contributed by atoms with Crippen LogP contribution in [0.4, 0.5) is 0 Å². The van der Waals surface area contributed by atoms with Crippen molar-refractivity contribution in [3.05, 3.63) is 10.1 Å². The fourth-order valence-electron chi connectivity index (χ4n) is 0.983. The molecular formula is C18H46ClN4NaO10S2. The quantitative estimate of drug-likeness (QED) is 0.0667. The molecule has 0 bridgehead atoms. The van der Waals surface area contributed by atoms with Crippen molar-refractivity contribution in [3.8, 4) is 0 Å². The number of nitro groups is 1. The van der Waals surface area contributed by atoms with Crippen LogP contribution in [0.25, 0.3) is 0 Å². The molecule has 36 heavy (non-hydrogen) atoms. The normalized spacial score (nSPS) is 11.7. The van der Waals surface area contributed by atoms with Gasteiger partial charge in [-0.05, 0) is 12.8 Å². The van der Waals surface area contributed by atoms with Gasteiger partial charge in [-0.15, -0.1) is 0 Å². The second-order valence-electron chi connectivity index (χ2n) is 6.62. The number of nitrogens with two attached hydrogens (primary N) is 2. The number of hydrogen-bond donors (Lipinski definition) is 5. The van der Waals surface area contributed by atoms with Crippen molar-refractivity contribution in [2.24, 2.45) is 17.4 Å². The molecule has 0 rings (SSSR count). The van der Waals surface area contributed by atoms with Crippen molar-refractivity contribution in [2.75, 3.05) is 38.2 Å². The summed E-state index contributed by atoms with van der Waals surface area (Å²) in [5.41, 5.74) is 13.0. The summed E-state index contributed by atoms with van der Waals surface area (Å²) in [6, 6.07) is -0.225. The van der Waals surface area contributed by atoms with Gasteiger partial charge >= 0.3 is 35.5 Å². The van der Waals surface area contributed by atoms with E-state index in [1.165, 1.54) is 12.8 Å². The van der Waals surface area contributed by atoms with Crippen molar-refractivity contribution in [2.45, 2.75) is 66.3 Å². The topological polar surface area (TPSA) is 255 Å². The van der Waals surface area contributed by atoms with E-state index < -0.39 is 43.3 Å². The molecule has 14 nitrogen and oxygen atoms in total. The van der Waals surface area contributed by atoms with Crippen molar-refractivity contribution in [1.29, 1.82) is 0 Å². The fourth-order valence-corrected chi connectivity index (χ4v) is 2.03. The average Bonchev–Trinajstić information content (AvgIpc) is 2.73. The number of unbranched alkanes of at least 4 members (excludes halogenated alkanes) is 1. The standard InChI is InChI=1S/C7H18N2O2S.C4H9NO2.C4H10.C2H4ClNO4S.CH4O.Na.H2O/c1-3-7(2)6-9-11-12(10)5-4-8;1-3(5)2-4(6)7;1-3-4-2;3-9(7,8)2-1-4(5)6;1-2;;/h7,9H,3-6,8H2,1-2H3;3H,2,5H2,1H3,(H,6,7);3-4H2,1-2H3;1-2H2;2H,1H3;;1H2/q;;;;;+1;/p-1. The molecule has 218 valence electrons. The van der Waals surface area contributed by atoms with Crippen LogP contribution in [-0.4, -0.2) is 83.5 Å². The molecule has 18 heteroatoms. The number of carboxylic acids is 1. The summed E-state index contributed by atoms with van der Waals surface area (Å²) in [6.07, 6.45) is 3.78. The number of hydrogen-bond acceptors (Lipinski definition) is 12. The summed E-state index contributed by atoms with van der Waals surface area (Å²) >= 11 is -1.27. The largest absolute Gasteiger partial charge is 1.00 e. The maximum absolute atomic E-state index is 10.9. The number of aliphatic hydroxyl groups is 1. The first-order valence-corrected chi connectivity index (χ1v) is 14.3. The fraction of sp³-hybridized carbons (Fsp3) is 0.944. The summed E-state index contributed by atoms with van der Waals surface area (Å²) in [6.45, 7) is 10.7. The van der Waals surface area contributed by atoms with Crippen LogP contribution in [0.1, 0.15) is 60.3 Å². The molecule has 0 aliphatic carbocycles. The van der Waals surface area contributed by atoms with Crippen molar-refractivity contribution in [3.63, 3.8) is 0 Å². The summed E-state index contributed by atoms with van der Waals surface area (Å²) < 4.78 is 35.6. The molecule has 0 fully saturated rings. The number of nitrogens with zero attached hydrogens (tertiary/aromatic N) is 1. The molecule has 0 aromatic rings. The van der Waals surface area contributed by atoms with Gasteiger partial charge in [0.1, 0.15) is 5.75 Å². The second kappa shape index (κ2) is 39.5. The Morgan fingerprint density at radius 1 is 1.22 bits per heavy atom. The molecule has 0 saturated heterocycles. The minimum absolute atomic E-state index is 0. The maximum Gasteiger partial charge on any atom is 1.00 e. The zero-order valence-corrected chi connectivity index (χ0v) is 26.9. The van der Waals surface area contributed by atoms with Gasteiger partial charge in [0, 0.05) is 41.8 Å². The monoisotopic (exact) mass is 600 g/mol. The van der Waals surface area contributed by atoms with Gasteiger partial charge in [-0.1, -0.05) is 47.0 Å². The summed E-state index contributed by atoms with van der Waals surface area (Å²) in [5.74, 6) is -0.524. The number of aliphatic carboxylic acids is 1. The van der Waals surface area contributed by atoms with E-state index in [0.717, 1.165) is 20.1 Å². The minimum atomic E-state index is -3.69. The van der Waals surface area contributed by atoms with E-state index in [1.807, 2.05) is 0 Å². The molecule has 0 aromatic carbocycles. The third-order valence-electron chi connectivity index (χ3n) is 3.08. The Morgan fingerprint density at radius 3 is 1.86 bits per heavy atom. The molecule has 3 unspecified atom stereocenters. The van der Waals surface area contributed by atoms with Crippen LogP contribution in [-0.2, 0) is 29.2 Å².